The van der Waals surface area contributed by atoms with Crippen LogP contribution in [-0.4, -0.2) is 45.2 Å². The van der Waals surface area contributed by atoms with Crippen molar-refractivity contribution in [2.24, 2.45) is 5.92 Å². The number of amides is 1. The van der Waals surface area contributed by atoms with Gasteiger partial charge in [0, 0.05) is 38.5 Å². The van der Waals surface area contributed by atoms with Crippen molar-refractivity contribution in [3.8, 4) is 0 Å². The van der Waals surface area contributed by atoms with Crippen LogP contribution in [0.3, 0.4) is 0 Å². The van der Waals surface area contributed by atoms with E-state index in [0.29, 0.717) is 18.3 Å². The van der Waals surface area contributed by atoms with Gasteiger partial charge in [-0.2, -0.15) is 0 Å². The van der Waals surface area contributed by atoms with Gasteiger partial charge >= 0.3 is 0 Å². The van der Waals surface area contributed by atoms with E-state index >= 15 is 0 Å². The van der Waals surface area contributed by atoms with Gasteiger partial charge in [-0.05, 0) is 42.7 Å². The van der Waals surface area contributed by atoms with Crippen molar-refractivity contribution in [1.82, 2.24) is 25.0 Å². The molecule has 1 N–H and O–H groups in total. The molecule has 30 heavy (non-hydrogen) atoms. The van der Waals surface area contributed by atoms with Gasteiger partial charge in [-0.15, -0.1) is 22.6 Å². The number of benzene rings is 1. The first-order valence-corrected chi connectivity index (χ1v) is 11.1. The second kappa shape index (κ2) is 10.4. The lowest BCUT2D eigenvalue weighted by Gasteiger charge is -2.32. The number of hydrogen-bond acceptors (Lipinski definition) is 4. The van der Waals surface area contributed by atoms with E-state index in [9.17, 15) is 4.79 Å². The van der Waals surface area contributed by atoms with Crippen LogP contribution in [0.5, 0.6) is 0 Å². The summed E-state index contributed by atoms with van der Waals surface area (Å²) in [5.74, 6) is 3.54. The van der Waals surface area contributed by atoms with E-state index in [1.165, 1.54) is 11.1 Å². The van der Waals surface area contributed by atoms with E-state index in [1.54, 1.807) is 0 Å². The highest BCUT2D eigenvalue weighted by Gasteiger charge is 2.28. The third kappa shape index (κ3) is 5.41. The number of piperidine rings is 1. The van der Waals surface area contributed by atoms with Crippen LogP contribution in [0.25, 0.3) is 0 Å². The average molecular weight is 432 g/mol. The Bertz CT molecular complexity index is 825. The molecule has 0 radical (unpaired) electrons. The van der Waals surface area contributed by atoms with Crippen LogP contribution in [0.4, 0.5) is 0 Å². The summed E-state index contributed by atoms with van der Waals surface area (Å²) in [5, 5.41) is 12.1. The van der Waals surface area contributed by atoms with Crippen molar-refractivity contribution in [2.75, 3.05) is 19.6 Å². The van der Waals surface area contributed by atoms with Crippen molar-refractivity contribution in [3.05, 3.63) is 47.0 Å². The summed E-state index contributed by atoms with van der Waals surface area (Å²) in [6, 6.07) is 8.78. The molecule has 0 unspecified atom stereocenters. The van der Waals surface area contributed by atoms with Crippen molar-refractivity contribution in [2.45, 2.75) is 65.0 Å². The van der Waals surface area contributed by atoms with Gasteiger partial charge in [-0.3, -0.25) is 4.79 Å². The minimum Gasteiger partial charge on any atom is -0.343 e. The van der Waals surface area contributed by atoms with E-state index in [1.807, 2.05) is 4.90 Å². The zero-order chi connectivity index (χ0) is 20.2. The second-order valence-corrected chi connectivity index (χ2v) is 8.87. The Kier molecular flexibility index (Phi) is 7.89. The number of nitrogens with zero attached hydrogens (tertiary/aromatic N) is 4. The van der Waals surface area contributed by atoms with Crippen molar-refractivity contribution in [1.29, 1.82) is 0 Å². The summed E-state index contributed by atoms with van der Waals surface area (Å²) in [5.41, 5.74) is 2.63. The van der Waals surface area contributed by atoms with Crippen molar-refractivity contribution >= 4 is 18.3 Å². The normalized spacial score (nSPS) is 17.0. The van der Waals surface area contributed by atoms with Gasteiger partial charge < -0.3 is 14.8 Å². The van der Waals surface area contributed by atoms with E-state index in [2.05, 4.69) is 58.2 Å². The molecule has 3 heterocycles. The largest absolute Gasteiger partial charge is 0.343 e. The van der Waals surface area contributed by atoms with Gasteiger partial charge in [-0.25, -0.2) is 0 Å². The summed E-state index contributed by atoms with van der Waals surface area (Å²) in [4.78, 5) is 14.7. The first-order chi connectivity index (χ1) is 14.1. The number of rotatable bonds is 6. The lowest BCUT2D eigenvalue weighted by atomic mass is 9.95. The number of hydrogen-bond donors (Lipinski definition) is 1. The van der Waals surface area contributed by atoms with E-state index in [0.717, 1.165) is 70.1 Å². The first kappa shape index (κ1) is 22.8. The Labute approximate surface area is 185 Å². The van der Waals surface area contributed by atoms with Gasteiger partial charge in [-0.1, -0.05) is 38.1 Å². The Hall–Kier alpha value is -1.92. The molecule has 1 amide bonds. The zero-order valence-electron chi connectivity index (χ0n) is 18.1. The number of nitrogens with one attached hydrogen (secondary N) is 1. The maximum absolute atomic E-state index is 12.7. The van der Waals surface area contributed by atoms with E-state index in [4.69, 9.17) is 0 Å². The standard InChI is InChI=1S/C23H33N5O.ClH/c1-17(2)15-19-5-3-18(4-6-19)7-8-22(29)27-12-9-20(10-13-27)23-26-25-21-16-24-11-14-28(21)23;/h3-6,17,20,24H,7-16H2,1-2H3;1H. The number of halogens is 1. The van der Waals surface area contributed by atoms with Gasteiger partial charge in [0.15, 0.2) is 0 Å². The van der Waals surface area contributed by atoms with Crippen LogP contribution in [0, 0.1) is 5.92 Å². The first-order valence-electron chi connectivity index (χ1n) is 11.1. The molecule has 4 rings (SSSR count). The molecule has 1 fully saturated rings. The SMILES string of the molecule is CC(C)Cc1ccc(CCC(=O)N2CCC(c3nnc4n3CCNC4)CC2)cc1.Cl. The molecule has 6 nitrogen and oxygen atoms in total. The Morgan fingerprint density at radius 1 is 1.10 bits per heavy atom. The third-order valence-corrected chi connectivity index (χ3v) is 6.16. The van der Waals surface area contributed by atoms with Crippen molar-refractivity contribution < 1.29 is 4.79 Å². The fraction of sp³-hybridized carbons (Fsp3) is 0.609. The molecule has 0 atom stereocenters. The molecule has 2 aliphatic heterocycles. The molecule has 2 aromatic rings. The Morgan fingerprint density at radius 2 is 1.80 bits per heavy atom. The molecule has 0 saturated carbocycles. The molecule has 0 spiro atoms. The number of aryl methyl sites for hydroxylation is 1. The molecular weight excluding hydrogens is 398 g/mol. The lowest BCUT2D eigenvalue weighted by Crippen LogP contribution is -2.39. The van der Waals surface area contributed by atoms with Gasteiger partial charge in [0.05, 0.1) is 6.54 Å². The average Bonchev–Trinajstić information content (AvgIpc) is 3.17. The van der Waals surface area contributed by atoms with Gasteiger partial charge in [0.2, 0.25) is 5.91 Å². The fourth-order valence-corrected chi connectivity index (χ4v) is 4.53. The molecule has 1 saturated heterocycles. The highest BCUT2D eigenvalue weighted by atomic mass is 35.5. The predicted octanol–water partition coefficient (Wildman–Crippen LogP) is 3.34. The van der Waals surface area contributed by atoms with E-state index < -0.39 is 0 Å². The number of aromatic nitrogens is 3. The molecule has 0 bridgehead atoms. The maximum atomic E-state index is 12.7. The van der Waals surface area contributed by atoms with Crippen molar-refractivity contribution in [3.63, 3.8) is 0 Å². The van der Waals surface area contributed by atoms with Gasteiger partial charge in [0.25, 0.3) is 0 Å². The number of likely N-dealkylation sites (tertiary alicyclic amines) is 1. The molecule has 164 valence electrons. The van der Waals surface area contributed by atoms with Crippen LogP contribution in [0.2, 0.25) is 0 Å². The Morgan fingerprint density at radius 3 is 2.50 bits per heavy atom. The second-order valence-electron chi connectivity index (χ2n) is 8.87. The molecule has 1 aromatic carbocycles. The molecule has 7 heteroatoms. The predicted molar refractivity (Wildman–Crippen MR) is 121 cm³/mol. The minimum absolute atomic E-state index is 0. The van der Waals surface area contributed by atoms with Crippen LogP contribution >= 0.6 is 12.4 Å². The fourth-order valence-electron chi connectivity index (χ4n) is 4.53. The van der Waals surface area contributed by atoms with E-state index in [-0.39, 0.29) is 18.3 Å². The summed E-state index contributed by atoms with van der Waals surface area (Å²) in [6.07, 6.45) is 4.51. The summed E-state index contributed by atoms with van der Waals surface area (Å²) >= 11 is 0. The minimum atomic E-state index is 0. The number of fused-ring (bicyclic) bond motifs is 1. The summed E-state index contributed by atoms with van der Waals surface area (Å²) in [6.45, 7) is 8.88. The zero-order valence-corrected chi connectivity index (χ0v) is 19.0. The monoisotopic (exact) mass is 431 g/mol. The highest BCUT2D eigenvalue weighted by Crippen LogP contribution is 2.28. The Balaban J connectivity index is 0.00000256. The highest BCUT2D eigenvalue weighted by molar-refractivity contribution is 5.85. The molecule has 0 aliphatic carbocycles. The summed E-state index contributed by atoms with van der Waals surface area (Å²) < 4.78 is 2.28. The lowest BCUT2D eigenvalue weighted by molar-refractivity contribution is -0.132. The summed E-state index contributed by atoms with van der Waals surface area (Å²) in [7, 11) is 0. The number of carbonyl (C=O) groups is 1. The number of carbonyl (C=O) groups excluding carboxylic acids is 1. The van der Waals surface area contributed by atoms with Crippen LogP contribution in [0.1, 0.15) is 61.8 Å². The maximum Gasteiger partial charge on any atom is 0.222 e. The van der Waals surface area contributed by atoms with Gasteiger partial charge in [0.1, 0.15) is 11.6 Å². The van der Waals surface area contributed by atoms with Crippen LogP contribution in [-0.2, 0) is 30.7 Å². The molecule has 1 aromatic heterocycles. The molecule has 2 aliphatic rings. The molecular formula is C23H34ClN5O. The quantitative estimate of drug-likeness (QED) is 0.761. The van der Waals surface area contributed by atoms with Crippen LogP contribution in [0.15, 0.2) is 24.3 Å². The third-order valence-electron chi connectivity index (χ3n) is 6.16. The smallest absolute Gasteiger partial charge is 0.222 e. The topological polar surface area (TPSA) is 63.1 Å². The van der Waals surface area contributed by atoms with Crippen LogP contribution < -0.4 is 5.32 Å².